The summed E-state index contributed by atoms with van der Waals surface area (Å²) in [5, 5.41) is 8.86. The maximum Gasteiger partial charge on any atom is 0.238 e. The van der Waals surface area contributed by atoms with E-state index in [0.717, 1.165) is 25.9 Å². The summed E-state index contributed by atoms with van der Waals surface area (Å²) in [6, 6.07) is 3.62. The Morgan fingerprint density at radius 3 is 2.88 bits per heavy atom. The summed E-state index contributed by atoms with van der Waals surface area (Å²) >= 11 is 0. The molecular formula is C12H16N4O. The van der Waals surface area contributed by atoms with Crippen LogP contribution in [0.4, 0.5) is 5.69 Å². The molecule has 0 aliphatic carbocycles. The van der Waals surface area contributed by atoms with Crippen LogP contribution in [-0.2, 0) is 0 Å². The number of pyridine rings is 1. The number of nitrogens with zero attached hydrogens (tertiary/aromatic N) is 3. The van der Waals surface area contributed by atoms with E-state index in [1.807, 2.05) is 6.07 Å². The maximum absolute atomic E-state index is 8.86. The van der Waals surface area contributed by atoms with Crippen molar-refractivity contribution < 1.29 is 4.74 Å². The highest BCUT2D eigenvalue weighted by Gasteiger charge is 2.20. The van der Waals surface area contributed by atoms with Crippen LogP contribution in [0.5, 0.6) is 5.88 Å². The molecule has 1 saturated heterocycles. The lowest BCUT2D eigenvalue weighted by atomic mass is 10.1. The lowest BCUT2D eigenvalue weighted by Gasteiger charge is -2.29. The molecule has 0 aromatic carbocycles. The number of ether oxygens (including phenoxy) is 1. The minimum atomic E-state index is 0.148. The summed E-state index contributed by atoms with van der Waals surface area (Å²) in [5.41, 5.74) is 6.58. The van der Waals surface area contributed by atoms with Gasteiger partial charge in [0, 0.05) is 19.3 Å². The highest BCUT2D eigenvalue weighted by molar-refractivity contribution is 5.59. The lowest BCUT2D eigenvalue weighted by Crippen LogP contribution is -2.35. The zero-order chi connectivity index (χ0) is 12.3. The van der Waals surface area contributed by atoms with Gasteiger partial charge in [-0.1, -0.05) is 0 Å². The Hall–Kier alpha value is -1.80. The molecule has 2 N–H and O–H groups in total. The number of anilines is 1. The molecule has 17 heavy (non-hydrogen) atoms. The van der Waals surface area contributed by atoms with E-state index < -0.39 is 0 Å². The first-order chi connectivity index (χ1) is 8.20. The molecule has 0 saturated carbocycles. The van der Waals surface area contributed by atoms with Crippen LogP contribution in [0, 0.1) is 11.3 Å². The van der Waals surface area contributed by atoms with Gasteiger partial charge in [-0.3, -0.25) is 0 Å². The smallest absolute Gasteiger partial charge is 0.238 e. The van der Waals surface area contributed by atoms with E-state index in [4.69, 9.17) is 15.7 Å². The molecule has 2 rings (SSSR count). The van der Waals surface area contributed by atoms with Gasteiger partial charge in [-0.2, -0.15) is 5.26 Å². The van der Waals surface area contributed by atoms with E-state index in [2.05, 4.69) is 16.9 Å². The first-order valence-electron chi connectivity index (χ1n) is 5.70. The lowest BCUT2D eigenvalue weighted by molar-refractivity contribution is 0.111. The number of nitrogen functional groups attached to an aromatic ring is 1. The second-order valence-corrected chi connectivity index (χ2v) is 4.31. The third kappa shape index (κ3) is 2.66. The quantitative estimate of drug-likeness (QED) is 0.823. The zero-order valence-corrected chi connectivity index (χ0v) is 9.89. The molecular weight excluding hydrogens is 216 g/mol. The van der Waals surface area contributed by atoms with Crippen LogP contribution in [0.1, 0.15) is 18.4 Å². The molecule has 0 radical (unpaired) electrons. The monoisotopic (exact) mass is 232 g/mol. The summed E-state index contributed by atoms with van der Waals surface area (Å²) in [5.74, 6) is 0.388. The summed E-state index contributed by atoms with van der Waals surface area (Å²) in [6.07, 6.45) is 3.64. The number of likely N-dealkylation sites (tertiary alicyclic amines) is 1. The first-order valence-corrected chi connectivity index (χ1v) is 5.70. The molecule has 1 aromatic rings. The number of rotatable bonds is 2. The summed E-state index contributed by atoms with van der Waals surface area (Å²) < 4.78 is 5.76. The van der Waals surface area contributed by atoms with Gasteiger partial charge in [0.15, 0.2) is 0 Å². The predicted molar refractivity (Wildman–Crippen MR) is 64.5 cm³/mol. The molecule has 0 amide bonds. The van der Waals surface area contributed by atoms with Gasteiger partial charge in [-0.25, -0.2) is 4.98 Å². The van der Waals surface area contributed by atoms with E-state index in [-0.39, 0.29) is 6.10 Å². The van der Waals surface area contributed by atoms with Gasteiger partial charge in [-0.15, -0.1) is 0 Å². The highest BCUT2D eigenvalue weighted by Crippen LogP contribution is 2.24. The van der Waals surface area contributed by atoms with Crippen LogP contribution >= 0.6 is 0 Å². The average molecular weight is 232 g/mol. The molecule has 0 unspecified atom stereocenters. The molecule has 1 aromatic heterocycles. The molecule has 1 aliphatic heterocycles. The molecule has 0 bridgehead atoms. The Kier molecular flexibility index (Phi) is 3.45. The molecule has 0 spiro atoms. The SMILES string of the molecule is CN1CCC(Oc2nccc(C#N)c2N)CC1. The third-order valence-electron chi connectivity index (χ3n) is 3.02. The van der Waals surface area contributed by atoms with Crippen molar-refractivity contribution in [3.05, 3.63) is 17.8 Å². The fraction of sp³-hybridized carbons (Fsp3) is 0.500. The van der Waals surface area contributed by atoms with E-state index >= 15 is 0 Å². The molecule has 0 atom stereocenters. The third-order valence-corrected chi connectivity index (χ3v) is 3.02. The summed E-state index contributed by atoms with van der Waals surface area (Å²) in [6.45, 7) is 2.03. The van der Waals surface area contributed by atoms with Crippen molar-refractivity contribution in [1.82, 2.24) is 9.88 Å². The summed E-state index contributed by atoms with van der Waals surface area (Å²) in [4.78, 5) is 6.35. The largest absolute Gasteiger partial charge is 0.473 e. The molecule has 2 heterocycles. The van der Waals surface area contributed by atoms with Gasteiger partial charge in [0.05, 0.1) is 5.56 Å². The number of hydrogen-bond acceptors (Lipinski definition) is 5. The molecule has 1 fully saturated rings. The van der Waals surface area contributed by atoms with Crippen molar-refractivity contribution in [2.24, 2.45) is 0 Å². The minimum absolute atomic E-state index is 0.148. The Labute approximate surface area is 101 Å². The number of nitrogens with two attached hydrogens (primary N) is 1. The average Bonchev–Trinajstić information content (AvgIpc) is 2.35. The van der Waals surface area contributed by atoms with Crippen LogP contribution < -0.4 is 10.5 Å². The fourth-order valence-corrected chi connectivity index (χ4v) is 1.91. The van der Waals surface area contributed by atoms with Crippen molar-refractivity contribution in [1.29, 1.82) is 5.26 Å². The Morgan fingerprint density at radius 1 is 1.53 bits per heavy atom. The number of piperidine rings is 1. The highest BCUT2D eigenvalue weighted by atomic mass is 16.5. The predicted octanol–water partition coefficient (Wildman–Crippen LogP) is 1.01. The minimum Gasteiger partial charge on any atom is -0.473 e. The molecule has 1 aliphatic rings. The van der Waals surface area contributed by atoms with E-state index in [1.165, 1.54) is 0 Å². The van der Waals surface area contributed by atoms with Gasteiger partial charge in [0.1, 0.15) is 17.9 Å². The Bertz CT molecular complexity index is 433. The number of aromatic nitrogens is 1. The second-order valence-electron chi connectivity index (χ2n) is 4.31. The van der Waals surface area contributed by atoms with E-state index in [0.29, 0.717) is 17.1 Å². The van der Waals surface area contributed by atoms with Crippen molar-refractivity contribution in [2.45, 2.75) is 18.9 Å². The van der Waals surface area contributed by atoms with E-state index in [1.54, 1.807) is 12.3 Å². The molecule has 90 valence electrons. The van der Waals surface area contributed by atoms with Gasteiger partial charge < -0.3 is 15.4 Å². The van der Waals surface area contributed by atoms with Crippen LogP contribution in [0.3, 0.4) is 0 Å². The topological polar surface area (TPSA) is 75.2 Å². The van der Waals surface area contributed by atoms with Gasteiger partial charge in [0.2, 0.25) is 5.88 Å². The number of nitriles is 1. The van der Waals surface area contributed by atoms with Gasteiger partial charge in [0.25, 0.3) is 0 Å². The van der Waals surface area contributed by atoms with Crippen LogP contribution in [-0.4, -0.2) is 36.1 Å². The van der Waals surface area contributed by atoms with E-state index in [9.17, 15) is 0 Å². The van der Waals surface area contributed by atoms with Crippen LogP contribution in [0.2, 0.25) is 0 Å². The zero-order valence-electron chi connectivity index (χ0n) is 9.89. The van der Waals surface area contributed by atoms with Crippen molar-refractivity contribution in [3.63, 3.8) is 0 Å². The Balaban J connectivity index is 2.06. The Morgan fingerprint density at radius 2 is 2.24 bits per heavy atom. The van der Waals surface area contributed by atoms with Crippen molar-refractivity contribution in [2.75, 3.05) is 25.9 Å². The normalized spacial score (nSPS) is 17.6. The van der Waals surface area contributed by atoms with Crippen LogP contribution in [0.25, 0.3) is 0 Å². The van der Waals surface area contributed by atoms with Crippen LogP contribution in [0.15, 0.2) is 12.3 Å². The first kappa shape index (κ1) is 11.7. The second kappa shape index (κ2) is 5.02. The van der Waals surface area contributed by atoms with Crippen molar-refractivity contribution >= 4 is 5.69 Å². The number of hydrogen-bond donors (Lipinski definition) is 1. The maximum atomic E-state index is 8.86. The summed E-state index contributed by atoms with van der Waals surface area (Å²) in [7, 11) is 2.10. The molecule has 5 nitrogen and oxygen atoms in total. The fourth-order valence-electron chi connectivity index (χ4n) is 1.91. The van der Waals surface area contributed by atoms with Gasteiger partial charge >= 0.3 is 0 Å². The standard InChI is InChI=1S/C12H16N4O/c1-16-6-3-10(4-7-16)17-12-11(14)9(8-13)2-5-15-12/h2,5,10H,3-4,6-7,14H2,1H3. The van der Waals surface area contributed by atoms with Gasteiger partial charge in [-0.05, 0) is 26.0 Å². The van der Waals surface area contributed by atoms with Crippen molar-refractivity contribution in [3.8, 4) is 11.9 Å². The molecule has 5 heteroatoms.